The van der Waals surface area contributed by atoms with Gasteiger partial charge in [0.15, 0.2) is 4.90 Å². The predicted octanol–water partition coefficient (Wildman–Crippen LogP) is 5.10. The standard InChI is InChI=1S/C28H33N3O6S2/c1-5-30-19-26(28(29-30)36-6-2)39(33,34)31-18-22(14-16-27(32)35-3)37-24-15-12-20(17-23(24)31)11-13-21-9-7-8-10-25(21)38-4/h7-13,15,17,19,22H,5-6,14,16,18H2,1-4H3/b13-11+. The summed E-state index contributed by atoms with van der Waals surface area (Å²) in [5.74, 6) is 0.0955. The van der Waals surface area contributed by atoms with Gasteiger partial charge in [0.2, 0.25) is 0 Å². The Morgan fingerprint density at radius 1 is 1.21 bits per heavy atom. The zero-order valence-electron chi connectivity index (χ0n) is 22.5. The third-order valence-corrected chi connectivity index (χ3v) is 8.85. The molecule has 11 heteroatoms. The highest BCUT2D eigenvalue weighted by Gasteiger charge is 2.37. The van der Waals surface area contributed by atoms with Crippen LogP contribution in [-0.2, 0) is 26.1 Å². The van der Waals surface area contributed by atoms with E-state index in [0.29, 0.717) is 24.4 Å². The number of aromatic nitrogens is 2. The van der Waals surface area contributed by atoms with Crippen LogP contribution in [0.2, 0.25) is 0 Å². The van der Waals surface area contributed by atoms with Crippen molar-refractivity contribution < 1.29 is 27.4 Å². The number of hydrogen-bond donors (Lipinski definition) is 0. The van der Waals surface area contributed by atoms with Gasteiger partial charge in [0.05, 0.1) is 25.9 Å². The Labute approximate surface area is 233 Å². The number of ether oxygens (including phenoxy) is 3. The highest BCUT2D eigenvalue weighted by atomic mass is 32.2. The fourth-order valence-corrected chi connectivity index (χ4v) is 6.42. The lowest BCUT2D eigenvalue weighted by molar-refractivity contribution is -0.141. The molecule has 0 spiro atoms. The Balaban J connectivity index is 1.75. The van der Waals surface area contributed by atoms with Gasteiger partial charge in [-0.05, 0) is 55.9 Å². The Kier molecular flexibility index (Phi) is 9.24. The molecule has 3 aromatic rings. The summed E-state index contributed by atoms with van der Waals surface area (Å²) in [5, 5.41) is 4.31. The van der Waals surface area contributed by atoms with E-state index in [9.17, 15) is 13.2 Å². The highest BCUT2D eigenvalue weighted by Crippen LogP contribution is 2.40. The number of esters is 1. The van der Waals surface area contributed by atoms with Gasteiger partial charge in [0.25, 0.3) is 15.9 Å². The molecule has 2 heterocycles. The molecule has 1 aliphatic rings. The number of hydrogen-bond acceptors (Lipinski definition) is 8. The Bertz CT molecular complexity index is 1450. The molecule has 1 atom stereocenters. The molecule has 0 aliphatic carbocycles. The van der Waals surface area contributed by atoms with E-state index < -0.39 is 16.1 Å². The summed E-state index contributed by atoms with van der Waals surface area (Å²) < 4.78 is 47.6. The van der Waals surface area contributed by atoms with Crippen LogP contribution in [-0.4, -0.2) is 56.8 Å². The largest absolute Gasteiger partial charge is 0.486 e. The molecule has 208 valence electrons. The number of sulfonamides is 1. The molecule has 0 radical (unpaired) electrons. The quantitative estimate of drug-likeness (QED) is 0.178. The van der Waals surface area contributed by atoms with E-state index in [4.69, 9.17) is 14.2 Å². The lowest BCUT2D eigenvalue weighted by Gasteiger charge is -2.35. The first-order valence-electron chi connectivity index (χ1n) is 12.7. The molecule has 0 amide bonds. The molecule has 0 bridgehead atoms. The van der Waals surface area contributed by atoms with Crippen LogP contribution < -0.4 is 13.8 Å². The summed E-state index contributed by atoms with van der Waals surface area (Å²) in [6.07, 6.45) is 7.34. The van der Waals surface area contributed by atoms with Crippen LogP contribution in [0.5, 0.6) is 11.6 Å². The van der Waals surface area contributed by atoms with Crippen molar-refractivity contribution in [2.45, 2.75) is 49.1 Å². The molecule has 4 rings (SSSR count). The van der Waals surface area contributed by atoms with Gasteiger partial charge >= 0.3 is 5.97 Å². The fraction of sp³-hybridized carbons (Fsp3) is 0.357. The third-order valence-electron chi connectivity index (χ3n) is 6.28. The van der Waals surface area contributed by atoms with Crippen LogP contribution in [0.4, 0.5) is 5.69 Å². The summed E-state index contributed by atoms with van der Waals surface area (Å²) in [7, 11) is -2.76. The van der Waals surface area contributed by atoms with Crippen molar-refractivity contribution in [3.63, 3.8) is 0 Å². The van der Waals surface area contributed by atoms with Crippen molar-refractivity contribution in [1.82, 2.24) is 9.78 Å². The van der Waals surface area contributed by atoms with E-state index in [0.717, 1.165) is 16.0 Å². The number of carbonyl (C=O) groups is 1. The van der Waals surface area contributed by atoms with E-state index in [1.54, 1.807) is 30.8 Å². The number of nitrogens with zero attached hydrogens (tertiary/aromatic N) is 3. The van der Waals surface area contributed by atoms with Crippen LogP contribution >= 0.6 is 11.8 Å². The molecule has 1 aromatic heterocycles. The summed E-state index contributed by atoms with van der Waals surface area (Å²) in [6, 6.07) is 13.5. The van der Waals surface area contributed by atoms with Crippen LogP contribution in [0.3, 0.4) is 0 Å². The highest BCUT2D eigenvalue weighted by molar-refractivity contribution is 7.98. The molecule has 0 saturated carbocycles. The lowest BCUT2D eigenvalue weighted by atomic mass is 10.1. The van der Waals surface area contributed by atoms with Crippen molar-refractivity contribution in [3.05, 3.63) is 59.8 Å². The molecule has 0 saturated heterocycles. The molecule has 39 heavy (non-hydrogen) atoms. The number of rotatable bonds is 11. The van der Waals surface area contributed by atoms with Gasteiger partial charge in [-0.2, -0.15) is 0 Å². The van der Waals surface area contributed by atoms with Crippen LogP contribution in [0.1, 0.15) is 37.8 Å². The second kappa shape index (κ2) is 12.6. The van der Waals surface area contributed by atoms with Crippen molar-refractivity contribution in [1.29, 1.82) is 0 Å². The van der Waals surface area contributed by atoms with E-state index in [-0.39, 0.29) is 36.3 Å². The van der Waals surface area contributed by atoms with E-state index in [1.165, 1.54) is 22.3 Å². The molecule has 0 fully saturated rings. The summed E-state index contributed by atoms with van der Waals surface area (Å²) in [5.41, 5.74) is 2.30. The first kappa shape index (κ1) is 28.6. The van der Waals surface area contributed by atoms with Gasteiger partial charge in [-0.3, -0.25) is 13.8 Å². The van der Waals surface area contributed by atoms with Gasteiger partial charge in [-0.15, -0.1) is 16.9 Å². The Morgan fingerprint density at radius 3 is 2.72 bits per heavy atom. The van der Waals surface area contributed by atoms with Crippen LogP contribution in [0.25, 0.3) is 12.2 Å². The smallest absolute Gasteiger partial charge is 0.305 e. The SMILES string of the molecule is CCOc1nn(CC)cc1S(=O)(=O)N1CC(CCC(=O)OC)Oc2ccc(/C=C/c3ccccc3SC)cc21. The maximum Gasteiger partial charge on any atom is 0.305 e. The maximum atomic E-state index is 14.1. The molecule has 9 nitrogen and oxygen atoms in total. The first-order valence-corrected chi connectivity index (χ1v) is 15.4. The fourth-order valence-electron chi connectivity index (χ4n) is 4.26. The van der Waals surface area contributed by atoms with E-state index in [1.807, 2.05) is 49.6 Å². The molecular weight excluding hydrogens is 538 g/mol. The van der Waals surface area contributed by atoms with Crippen molar-refractivity contribution >= 4 is 45.6 Å². The van der Waals surface area contributed by atoms with Gasteiger partial charge in [-0.25, -0.2) is 8.42 Å². The van der Waals surface area contributed by atoms with Gasteiger partial charge in [0.1, 0.15) is 11.9 Å². The third kappa shape index (κ3) is 6.42. The minimum atomic E-state index is -4.09. The topological polar surface area (TPSA) is 100.0 Å². The van der Waals surface area contributed by atoms with Crippen molar-refractivity contribution in [2.24, 2.45) is 0 Å². The molecule has 1 aliphatic heterocycles. The molecule has 0 N–H and O–H groups in total. The minimum absolute atomic E-state index is 0.0133. The molecular formula is C28H33N3O6S2. The number of thioether (sulfide) groups is 1. The van der Waals surface area contributed by atoms with E-state index >= 15 is 0 Å². The number of anilines is 1. The zero-order chi connectivity index (χ0) is 28.0. The average molecular weight is 572 g/mol. The van der Waals surface area contributed by atoms with Crippen LogP contribution in [0, 0.1) is 0 Å². The normalized spacial score (nSPS) is 15.2. The number of aryl methyl sites for hydroxylation is 1. The summed E-state index contributed by atoms with van der Waals surface area (Å²) in [4.78, 5) is 12.9. The van der Waals surface area contributed by atoms with Gasteiger partial charge < -0.3 is 14.2 Å². The monoisotopic (exact) mass is 571 g/mol. The number of benzene rings is 2. The average Bonchev–Trinajstić information content (AvgIpc) is 3.38. The van der Waals surface area contributed by atoms with Crippen molar-refractivity contribution in [3.8, 4) is 11.6 Å². The molecule has 1 unspecified atom stereocenters. The number of fused-ring (bicyclic) bond motifs is 1. The van der Waals surface area contributed by atoms with Crippen molar-refractivity contribution in [2.75, 3.05) is 30.8 Å². The second-order valence-electron chi connectivity index (χ2n) is 8.78. The Hall–Kier alpha value is -3.44. The first-order chi connectivity index (χ1) is 18.8. The Morgan fingerprint density at radius 2 is 2.00 bits per heavy atom. The van der Waals surface area contributed by atoms with E-state index in [2.05, 4.69) is 11.2 Å². The number of methoxy groups -OCH3 is 1. The minimum Gasteiger partial charge on any atom is -0.486 e. The van der Waals surface area contributed by atoms with Crippen LogP contribution in [0.15, 0.2) is 58.5 Å². The van der Waals surface area contributed by atoms with Gasteiger partial charge in [-0.1, -0.05) is 36.4 Å². The predicted molar refractivity (Wildman–Crippen MR) is 153 cm³/mol. The van der Waals surface area contributed by atoms with Gasteiger partial charge in [0, 0.05) is 24.1 Å². The zero-order valence-corrected chi connectivity index (χ0v) is 24.1. The lowest BCUT2D eigenvalue weighted by Crippen LogP contribution is -2.43. The second-order valence-corrected chi connectivity index (χ2v) is 11.5. The summed E-state index contributed by atoms with van der Waals surface area (Å²) in [6.45, 7) is 4.44. The molecule has 2 aromatic carbocycles. The summed E-state index contributed by atoms with van der Waals surface area (Å²) >= 11 is 1.66. The number of carbonyl (C=O) groups excluding carboxylic acids is 1. The maximum absolute atomic E-state index is 14.1.